The minimum absolute atomic E-state index is 0.481. The van der Waals surface area contributed by atoms with Crippen molar-refractivity contribution in [3.05, 3.63) is 54.6 Å². The van der Waals surface area contributed by atoms with Gasteiger partial charge in [-0.2, -0.15) is 5.10 Å². The van der Waals surface area contributed by atoms with Crippen molar-refractivity contribution in [1.82, 2.24) is 40.4 Å². The Morgan fingerprint density at radius 2 is 1.73 bits per heavy atom. The molecule has 0 amide bonds. The number of aromatic nitrogens is 7. The molecular weight excluding hydrogens is 376 g/mol. The van der Waals surface area contributed by atoms with Crippen molar-refractivity contribution in [3.8, 4) is 22.6 Å². The first-order chi connectivity index (χ1) is 14.9. The highest BCUT2D eigenvalue weighted by molar-refractivity contribution is 5.94. The Morgan fingerprint density at radius 1 is 0.867 bits per heavy atom. The summed E-state index contributed by atoms with van der Waals surface area (Å²) < 4.78 is 0. The number of aromatic amines is 2. The molecule has 0 spiro atoms. The van der Waals surface area contributed by atoms with E-state index < -0.39 is 0 Å². The number of piperidine rings is 1. The topological polar surface area (TPSA) is 108 Å². The SMILES string of the molecule is c1cc(-c2ccnc3[nH]c(-c4n[nH]c5ccc(C6CCNCC6)nc45)nc23)ccn1. The van der Waals surface area contributed by atoms with Crippen LogP contribution < -0.4 is 5.32 Å². The zero-order chi connectivity index (χ0) is 19.9. The van der Waals surface area contributed by atoms with E-state index in [9.17, 15) is 0 Å². The number of H-pyrrole nitrogens is 2. The molecule has 0 aliphatic carbocycles. The van der Waals surface area contributed by atoms with Crippen LogP contribution in [0.1, 0.15) is 24.5 Å². The van der Waals surface area contributed by atoms with Crippen molar-refractivity contribution >= 4 is 22.2 Å². The molecule has 0 radical (unpaired) electrons. The van der Waals surface area contributed by atoms with Crippen LogP contribution in [0, 0.1) is 0 Å². The number of imidazole rings is 1. The molecule has 0 aromatic carbocycles. The molecule has 5 aromatic heterocycles. The number of nitrogens with zero attached hydrogens (tertiary/aromatic N) is 5. The molecule has 0 atom stereocenters. The summed E-state index contributed by atoms with van der Waals surface area (Å²) in [6.45, 7) is 2.07. The number of fused-ring (bicyclic) bond motifs is 2. The van der Waals surface area contributed by atoms with Crippen LogP contribution in [-0.2, 0) is 0 Å². The van der Waals surface area contributed by atoms with Gasteiger partial charge < -0.3 is 10.3 Å². The van der Waals surface area contributed by atoms with Gasteiger partial charge in [0.25, 0.3) is 0 Å². The second-order valence-corrected chi connectivity index (χ2v) is 7.61. The van der Waals surface area contributed by atoms with E-state index in [1.165, 1.54) is 0 Å². The normalized spacial score (nSPS) is 15.2. The van der Waals surface area contributed by atoms with Crippen LogP contribution in [0.2, 0.25) is 0 Å². The summed E-state index contributed by atoms with van der Waals surface area (Å²) in [5.41, 5.74) is 7.19. The van der Waals surface area contributed by atoms with Crippen LogP contribution in [-0.4, -0.2) is 48.2 Å². The highest BCUT2D eigenvalue weighted by atomic mass is 15.2. The molecule has 5 aromatic rings. The van der Waals surface area contributed by atoms with E-state index in [1.807, 2.05) is 18.2 Å². The third kappa shape index (κ3) is 2.84. The molecule has 0 saturated carbocycles. The number of nitrogens with one attached hydrogen (secondary N) is 3. The van der Waals surface area contributed by atoms with E-state index >= 15 is 0 Å². The van der Waals surface area contributed by atoms with Crippen LogP contribution >= 0.6 is 0 Å². The Hall–Kier alpha value is -3.65. The molecule has 6 heterocycles. The van der Waals surface area contributed by atoms with Crippen molar-refractivity contribution < 1.29 is 0 Å². The van der Waals surface area contributed by atoms with Gasteiger partial charge in [0, 0.05) is 35.8 Å². The summed E-state index contributed by atoms with van der Waals surface area (Å²) in [5.74, 6) is 1.15. The molecule has 0 bridgehead atoms. The Morgan fingerprint density at radius 3 is 2.60 bits per heavy atom. The average Bonchev–Trinajstić information content (AvgIpc) is 3.43. The predicted molar refractivity (Wildman–Crippen MR) is 115 cm³/mol. The maximum atomic E-state index is 4.98. The summed E-state index contributed by atoms with van der Waals surface area (Å²) in [6.07, 6.45) is 7.56. The summed E-state index contributed by atoms with van der Waals surface area (Å²) in [6, 6.07) is 10.1. The molecule has 30 heavy (non-hydrogen) atoms. The minimum Gasteiger partial charge on any atom is -0.321 e. The molecule has 1 aliphatic rings. The summed E-state index contributed by atoms with van der Waals surface area (Å²) >= 11 is 0. The lowest BCUT2D eigenvalue weighted by Gasteiger charge is -2.22. The molecule has 1 saturated heterocycles. The molecule has 148 valence electrons. The summed E-state index contributed by atoms with van der Waals surface area (Å²) in [5, 5.41) is 11.0. The van der Waals surface area contributed by atoms with Crippen molar-refractivity contribution in [1.29, 1.82) is 0 Å². The number of pyridine rings is 3. The second-order valence-electron chi connectivity index (χ2n) is 7.61. The Balaban J connectivity index is 1.47. The fourth-order valence-electron chi connectivity index (χ4n) is 4.21. The van der Waals surface area contributed by atoms with Crippen molar-refractivity contribution in [2.24, 2.45) is 0 Å². The first-order valence-corrected chi connectivity index (χ1v) is 10.2. The standard InChI is InChI=1S/C22H20N8/c1-2-17-19(26-16(1)14-5-10-24-11-6-14)20(30-29-17)22-27-18-15(7-12-25-21(18)28-22)13-3-8-23-9-4-13/h1-4,7-9,12,14,24H,5-6,10-11H2,(H,29,30)(H,25,27,28). The van der Waals surface area contributed by atoms with E-state index in [0.717, 1.165) is 70.6 Å². The molecule has 8 nitrogen and oxygen atoms in total. The monoisotopic (exact) mass is 396 g/mol. The first kappa shape index (κ1) is 17.2. The zero-order valence-electron chi connectivity index (χ0n) is 16.3. The van der Waals surface area contributed by atoms with Crippen molar-refractivity contribution in [3.63, 3.8) is 0 Å². The van der Waals surface area contributed by atoms with Gasteiger partial charge in [0.15, 0.2) is 17.2 Å². The minimum atomic E-state index is 0.481. The molecule has 1 aliphatic heterocycles. The maximum Gasteiger partial charge on any atom is 0.162 e. The van der Waals surface area contributed by atoms with Gasteiger partial charge in [-0.1, -0.05) is 0 Å². The largest absolute Gasteiger partial charge is 0.321 e. The fourth-order valence-corrected chi connectivity index (χ4v) is 4.21. The van der Waals surface area contributed by atoms with Crippen LogP contribution in [0.5, 0.6) is 0 Å². The van der Waals surface area contributed by atoms with Gasteiger partial charge in [0.05, 0.1) is 5.52 Å². The third-order valence-electron chi connectivity index (χ3n) is 5.79. The lowest BCUT2D eigenvalue weighted by Crippen LogP contribution is -2.27. The zero-order valence-corrected chi connectivity index (χ0v) is 16.3. The Kier molecular flexibility index (Phi) is 4.02. The van der Waals surface area contributed by atoms with Gasteiger partial charge in [-0.15, -0.1) is 0 Å². The summed E-state index contributed by atoms with van der Waals surface area (Å²) in [4.78, 5) is 21.7. The molecular formula is C22H20N8. The lowest BCUT2D eigenvalue weighted by atomic mass is 9.94. The molecule has 1 fully saturated rings. The highest BCUT2D eigenvalue weighted by Crippen LogP contribution is 2.31. The van der Waals surface area contributed by atoms with Gasteiger partial charge >= 0.3 is 0 Å². The smallest absolute Gasteiger partial charge is 0.162 e. The first-order valence-electron chi connectivity index (χ1n) is 10.2. The second kappa shape index (κ2) is 7.00. The Labute approximate surface area is 172 Å². The van der Waals surface area contributed by atoms with E-state index in [-0.39, 0.29) is 0 Å². The maximum absolute atomic E-state index is 4.98. The highest BCUT2D eigenvalue weighted by Gasteiger charge is 2.20. The predicted octanol–water partition coefficient (Wildman–Crippen LogP) is 3.43. The van der Waals surface area contributed by atoms with Gasteiger partial charge in [-0.25, -0.2) is 15.0 Å². The van der Waals surface area contributed by atoms with Gasteiger partial charge in [-0.05, 0) is 61.8 Å². The van der Waals surface area contributed by atoms with Gasteiger partial charge in [-0.3, -0.25) is 10.1 Å². The van der Waals surface area contributed by atoms with Crippen molar-refractivity contribution in [2.75, 3.05) is 13.1 Å². The quantitative estimate of drug-likeness (QED) is 0.431. The van der Waals surface area contributed by atoms with Crippen molar-refractivity contribution in [2.45, 2.75) is 18.8 Å². The number of hydrogen-bond donors (Lipinski definition) is 3. The number of rotatable bonds is 3. The van der Waals surface area contributed by atoms with Crippen LogP contribution in [0.25, 0.3) is 44.8 Å². The van der Waals surface area contributed by atoms with Crippen LogP contribution in [0.4, 0.5) is 0 Å². The fraction of sp³-hybridized carbons (Fsp3) is 0.227. The van der Waals surface area contributed by atoms with E-state index in [2.05, 4.69) is 42.6 Å². The number of hydrogen-bond acceptors (Lipinski definition) is 6. The molecule has 3 N–H and O–H groups in total. The Bertz CT molecular complexity index is 1330. The van der Waals surface area contributed by atoms with E-state index in [0.29, 0.717) is 11.7 Å². The molecule has 8 heteroatoms. The van der Waals surface area contributed by atoms with Crippen LogP contribution in [0.3, 0.4) is 0 Å². The van der Waals surface area contributed by atoms with Crippen LogP contribution in [0.15, 0.2) is 48.9 Å². The molecule has 6 rings (SSSR count). The average molecular weight is 396 g/mol. The van der Waals surface area contributed by atoms with E-state index in [1.54, 1.807) is 18.6 Å². The summed E-state index contributed by atoms with van der Waals surface area (Å²) in [7, 11) is 0. The van der Waals surface area contributed by atoms with Gasteiger partial charge in [0.1, 0.15) is 11.0 Å². The van der Waals surface area contributed by atoms with E-state index in [4.69, 9.17) is 9.97 Å². The lowest BCUT2D eigenvalue weighted by molar-refractivity contribution is 0.454. The molecule has 0 unspecified atom stereocenters. The van der Waals surface area contributed by atoms with Gasteiger partial charge in [0.2, 0.25) is 0 Å². The third-order valence-corrected chi connectivity index (χ3v) is 5.79.